The Morgan fingerprint density at radius 2 is 1.77 bits per heavy atom. The molecule has 116 valence electrons. The van der Waals surface area contributed by atoms with Crippen molar-refractivity contribution in [2.45, 2.75) is 6.92 Å². The Morgan fingerprint density at radius 3 is 2.41 bits per heavy atom. The predicted octanol–water partition coefficient (Wildman–Crippen LogP) is 4.52. The van der Waals surface area contributed by atoms with Gasteiger partial charge in [-0.3, -0.25) is 4.79 Å². The first kappa shape index (κ1) is 16.9. The number of rotatable bonds is 4. The zero-order valence-electron chi connectivity index (χ0n) is 12.4. The van der Waals surface area contributed by atoms with Gasteiger partial charge in [-0.25, -0.2) is 0 Å². The third kappa shape index (κ3) is 3.64. The van der Waals surface area contributed by atoms with Crippen LogP contribution < -0.4 is 14.8 Å². The summed E-state index contributed by atoms with van der Waals surface area (Å²) in [7, 11) is 3.09. The zero-order chi connectivity index (χ0) is 16.3. The molecule has 0 aliphatic heterocycles. The molecule has 0 bridgehead atoms. The first-order valence-electron chi connectivity index (χ1n) is 6.45. The Morgan fingerprint density at radius 1 is 1.14 bits per heavy atom. The SMILES string of the molecule is COc1cc(I)c(C(=O)Nc2cc(Cl)ccc2C)cc1OC. The highest BCUT2D eigenvalue weighted by atomic mass is 127. The van der Waals surface area contributed by atoms with E-state index in [1.54, 1.807) is 31.4 Å². The van der Waals surface area contributed by atoms with Crippen LogP contribution in [0.1, 0.15) is 15.9 Å². The van der Waals surface area contributed by atoms with Crippen molar-refractivity contribution in [3.8, 4) is 11.5 Å². The number of anilines is 1. The first-order valence-corrected chi connectivity index (χ1v) is 7.91. The van der Waals surface area contributed by atoms with Gasteiger partial charge in [0.25, 0.3) is 5.91 Å². The standard InChI is InChI=1S/C16H15ClINO3/c1-9-4-5-10(17)6-13(9)19-16(20)11-7-14(21-2)15(22-3)8-12(11)18/h4-8H,1-3H3,(H,19,20). The van der Waals surface area contributed by atoms with Gasteiger partial charge in [0, 0.05) is 14.3 Å². The van der Waals surface area contributed by atoms with E-state index in [2.05, 4.69) is 27.9 Å². The largest absolute Gasteiger partial charge is 0.493 e. The van der Waals surface area contributed by atoms with Gasteiger partial charge in [-0.05, 0) is 59.3 Å². The van der Waals surface area contributed by atoms with Crippen molar-refractivity contribution in [3.63, 3.8) is 0 Å². The molecule has 0 saturated carbocycles. The van der Waals surface area contributed by atoms with Crippen LogP contribution in [0.15, 0.2) is 30.3 Å². The average molecular weight is 432 g/mol. The van der Waals surface area contributed by atoms with E-state index in [4.69, 9.17) is 21.1 Å². The first-order chi connectivity index (χ1) is 10.5. The van der Waals surface area contributed by atoms with Gasteiger partial charge >= 0.3 is 0 Å². The minimum atomic E-state index is -0.226. The number of ether oxygens (including phenoxy) is 2. The minimum Gasteiger partial charge on any atom is -0.493 e. The third-order valence-corrected chi connectivity index (χ3v) is 4.29. The zero-order valence-corrected chi connectivity index (χ0v) is 15.3. The molecule has 0 unspecified atom stereocenters. The van der Waals surface area contributed by atoms with Crippen molar-refractivity contribution in [2.24, 2.45) is 0 Å². The van der Waals surface area contributed by atoms with E-state index in [0.29, 0.717) is 27.8 Å². The molecule has 22 heavy (non-hydrogen) atoms. The molecule has 0 heterocycles. The number of carbonyl (C=O) groups is 1. The number of hydrogen-bond acceptors (Lipinski definition) is 3. The normalized spacial score (nSPS) is 10.2. The number of amides is 1. The summed E-state index contributed by atoms with van der Waals surface area (Å²) in [5.41, 5.74) is 2.13. The fourth-order valence-electron chi connectivity index (χ4n) is 1.95. The topological polar surface area (TPSA) is 47.6 Å². The van der Waals surface area contributed by atoms with Gasteiger partial charge in [0.15, 0.2) is 11.5 Å². The van der Waals surface area contributed by atoms with E-state index in [1.165, 1.54) is 7.11 Å². The summed E-state index contributed by atoms with van der Waals surface area (Å²) in [6, 6.07) is 8.79. The maximum atomic E-state index is 12.5. The summed E-state index contributed by atoms with van der Waals surface area (Å²) in [6.07, 6.45) is 0. The van der Waals surface area contributed by atoms with E-state index in [0.717, 1.165) is 9.13 Å². The molecular formula is C16H15ClINO3. The monoisotopic (exact) mass is 431 g/mol. The van der Waals surface area contributed by atoms with Crippen LogP contribution in [0.2, 0.25) is 5.02 Å². The van der Waals surface area contributed by atoms with Crippen LogP contribution in [0.4, 0.5) is 5.69 Å². The number of carbonyl (C=O) groups excluding carboxylic acids is 1. The van der Waals surface area contributed by atoms with Gasteiger partial charge in [0.1, 0.15) is 0 Å². The predicted molar refractivity (Wildman–Crippen MR) is 96.4 cm³/mol. The lowest BCUT2D eigenvalue weighted by molar-refractivity contribution is 0.102. The van der Waals surface area contributed by atoms with Crippen molar-refractivity contribution >= 4 is 45.8 Å². The van der Waals surface area contributed by atoms with Crippen LogP contribution in [0.3, 0.4) is 0 Å². The lowest BCUT2D eigenvalue weighted by Gasteiger charge is -2.13. The molecule has 1 amide bonds. The maximum Gasteiger partial charge on any atom is 0.256 e. The molecule has 0 atom stereocenters. The molecule has 0 aliphatic rings. The maximum absolute atomic E-state index is 12.5. The molecule has 2 aromatic carbocycles. The lowest BCUT2D eigenvalue weighted by Crippen LogP contribution is -2.14. The minimum absolute atomic E-state index is 0.226. The summed E-state index contributed by atoms with van der Waals surface area (Å²) in [4.78, 5) is 12.5. The quantitative estimate of drug-likeness (QED) is 0.724. The van der Waals surface area contributed by atoms with E-state index in [9.17, 15) is 4.79 Å². The van der Waals surface area contributed by atoms with E-state index in [-0.39, 0.29) is 5.91 Å². The Labute approximate surface area is 147 Å². The number of halogens is 2. The molecule has 2 aromatic rings. The number of methoxy groups -OCH3 is 2. The smallest absolute Gasteiger partial charge is 0.256 e. The lowest BCUT2D eigenvalue weighted by atomic mass is 10.1. The van der Waals surface area contributed by atoms with Gasteiger partial charge in [0.2, 0.25) is 0 Å². The molecule has 0 saturated heterocycles. The van der Waals surface area contributed by atoms with Crippen molar-refractivity contribution in [1.29, 1.82) is 0 Å². The third-order valence-electron chi connectivity index (χ3n) is 3.17. The van der Waals surface area contributed by atoms with Crippen LogP contribution in [-0.2, 0) is 0 Å². The molecular weight excluding hydrogens is 417 g/mol. The van der Waals surface area contributed by atoms with Crippen LogP contribution >= 0.6 is 34.2 Å². The van der Waals surface area contributed by atoms with Crippen LogP contribution in [-0.4, -0.2) is 20.1 Å². The fourth-order valence-corrected chi connectivity index (χ4v) is 2.80. The van der Waals surface area contributed by atoms with Gasteiger partial charge < -0.3 is 14.8 Å². The molecule has 0 radical (unpaired) electrons. The summed E-state index contributed by atoms with van der Waals surface area (Å²) in [5.74, 6) is 0.869. The molecule has 0 fully saturated rings. The molecule has 0 spiro atoms. The Bertz CT molecular complexity index is 719. The Hall–Kier alpha value is -1.47. The van der Waals surface area contributed by atoms with Gasteiger partial charge in [-0.1, -0.05) is 17.7 Å². The number of aryl methyl sites for hydroxylation is 1. The second-order valence-electron chi connectivity index (χ2n) is 4.60. The average Bonchev–Trinajstić information content (AvgIpc) is 2.50. The summed E-state index contributed by atoms with van der Waals surface area (Å²) >= 11 is 8.07. The highest BCUT2D eigenvalue weighted by Crippen LogP contribution is 2.32. The molecule has 0 aromatic heterocycles. The highest BCUT2D eigenvalue weighted by Gasteiger charge is 2.16. The molecule has 4 nitrogen and oxygen atoms in total. The molecule has 6 heteroatoms. The number of nitrogens with one attached hydrogen (secondary N) is 1. The van der Waals surface area contributed by atoms with E-state index < -0.39 is 0 Å². The van der Waals surface area contributed by atoms with E-state index in [1.807, 2.05) is 13.0 Å². The molecule has 0 aliphatic carbocycles. The summed E-state index contributed by atoms with van der Waals surface area (Å²) in [6.45, 7) is 1.91. The van der Waals surface area contributed by atoms with Gasteiger partial charge in [0.05, 0.1) is 19.8 Å². The van der Waals surface area contributed by atoms with Gasteiger partial charge in [-0.15, -0.1) is 0 Å². The Balaban J connectivity index is 2.35. The highest BCUT2D eigenvalue weighted by molar-refractivity contribution is 14.1. The molecule has 1 N–H and O–H groups in total. The van der Waals surface area contributed by atoms with Crippen LogP contribution in [0.25, 0.3) is 0 Å². The second kappa shape index (κ2) is 7.19. The number of benzene rings is 2. The van der Waals surface area contributed by atoms with Crippen LogP contribution in [0, 0.1) is 10.5 Å². The van der Waals surface area contributed by atoms with Crippen LogP contribution in [0.5, 0.6) is 11.5 Å². The fraction of sp³-hybridized carbons (Fsp3) is 0.188. The molecule has 2 rings (SSSR count). The number of hydrogen-bond donors (Lipinski definition) is 1. The summed E-state index contributed by atoms with van der Waals surface area (Å²) in [5, 5.41) is 3.44. The van der Waals surface area contributed by atoms with Crippen molar-refractivity contribution in [3.05, 3.63) is 50.1 Å². The van der Waals surface area contributed by atoms with Gasteiger partial charge in [-0.2, -0.15) is 0 Å². The van der Waals surface area contributed by atoms with Crippen molar-refractivity contribution in [1.82, 2.24) is 0 Å². The van der Waals surface area contributed by atoms with Crippen molar-refractivity contribution < 1.29 is 14.3 Å². The van der Waals surface area contributed by atoms with Crippen molar-refractivity contribution in [2.75, 3.05) is 19.5 Å². The second-order valence-corrected chi connectivity index (χ2v) is 6.20. The summed E-state index contributed by atoms with van der Waals surface area (Å²) < 4.78 is 11.2. The van der Waals surface area contributed by atoms with E-state index >= 15 is 0 Å². The Kier molecular flexibility index (Phi) is 5.52.